The van der Waals surface area contributed by atoms with Gasteiger partial charge in [0.25, 0.3) is 0 Å². The third-order valence-electron chi connectivity index (χ3n) is 2.67. The summed E-state index contributed by atoms with van der Waals surface area (Å²) in [5, 5.41) is 0. The number of likely N-dealkylation sites (N-methyl/N-ethyl adjacent to an activating group) is 1. The summed E-state index contributed by atoms with van der Waals surface area (Å²) in [6, 6.07) is 0. The molecule has 0 heterocycles. The Morgan fingerprint density at radius 2 is 1.88 bits per heavy atom. The van der Waals surface area contributed by atoms with Crippen LogP contribution in [0.5, 0.6) is 0 Å². The maximum atomic E-state index is 5.89. The van der Waals surface area contributed by atoms with Crippen LogP contribution in [0.4, 0.5) is 0 Å². The number of hydrogen-bond acceptors (Lipinski definition) is 3. The van der Waals surface area contributed by atoms with Gasteiger partial charge in [-0.3, -0.25) is 4.99 Å². The maximum absolute atomic E-state index is 5.89. The molecule has 0 saturated heterocycles. The van der Waals surface area contributed by atoms with Crippen molar-refractivity contribution < 1.29 is 0 Å². The number of nitrogens with zero attached hydrogens (tertiary/aromatic N) is 2. The summed E-state index contributed by atoms with van der Waals surface area (Å²) in [7, 11) is 5.74. The topological polar surface area (TPSA) is 41.6 Å². The molecule has 0 aromatic heterocycles. The average molecular weight is 235 g/mol. The van der Waals surface area contributed by atoms with E-state index in [-0.39, 0.29) is 0 Å². The molecule has 0 atom stereocenters. The lowest BCUT2D eigenvalue weighted by atomic mass is 9.99. The van der Waals surface area contributed by atoms with Crippen LogP contribution in [0.3, 0.4) is 0 Å². The summed E-state index contributed by atoms with van der Waals surface area (Å²) in [5.74, 6) is 0. The van der Waals surface area contributed by atoms with Crippen molar-refractivity contribution in [1.82, 2.24) is 4.90 Å². The smallest absolute Gasteiger partial charge is 0.0649 e. The molecule has 0 aromatic rings. The molecule has 96 valence electrons. The predicted octanol–water partition coefficient (Wildman–Crippen LogP) is 2.72. The fourth-order valence-electron chi connectivity index (χ4n) is 1.63. The molecule has 0 aliphatic heterocycles. The van der Waals surface area contributed by atoms with Crippen molar-refractivity contribution in [3.8, 4) is 0 Å². The van der Waals surface area contributed by atoms with Crippen molar-refractivity contribution in [2.45, 2.75) is 27.2 Å². The Morgan fingerprint density at radius 1 is 1.35 bits per heavy atom. The van der Waals surface area contributed by atoms with Crippen LogP contribution in [0, 0.1) is 0 Å². The fraction of sp³-hybridized carbons (Fsp3) is 0.500. The number of allylic oxidation sites excluding steroid dienone is 4. The Balaban J connectivity index is 5.32. The highest BCUT2D eigenvalue weighted by Crippen LogP contribution is 2.15. The third-order valence-corrected chi connectivity index (χ3v) is 2.67. The summed E-state index contributed by atoms with van der Waals surface area (Å²) in [6.45, 7) is 10.0. The maximum Gasteiger partial charge on any atom is 0.0649 e. The largest absolute Gasteiger partial charge is 0.402 e. The zero-order chi connectivity index (χ0) is 13.6. The van der Waals surface area contributed by atoms with Gasteiger partial charge in [0, 0.05) is 32.5 Å². The van der Waals surface area contributed by atoms with Crippen LogP contribution in [0.15, 0.2) is 40.2 Å². The predicted molar refractivity (Wildman–Crippen MR) is 77.1 cm³/mol. The van der Waals surface area contributed by atoms with Crippen LogP contribution in [-0.2, 0) is 0 Å². The zero-order valence-electron chi connectivity index (χ0n) is 12.0. The first-order valence-corrected chi connectivity index (χ1v) is 5.82. The van der Waals surface area contributed by atoms with Gasteiger partial charge in [0.1, 0.15) is 0 Å². The van der Waals surface area contributed by atoms with Gasteiger partial charge in [-0.15, -0.1) is 0 Å². The molecule has 0 rings (SSSR count). The van der Waals surface area contributed by atoms with Gasteiger partial charge in [0.05, 0.1) is 5.71 Å². The molecule has 0 saturated carbocycles. The Bertz CT molecular complexity index is 367. The van der Waals surface area contributed by atoms with Gasteiger partial charge in [-0.05, 0) is 37.5 Å². The Morgan fingerprint density at radius 3 is 2.18 bits per heavy atom. The molecule has 0 aliphatic carbocycles. The van der Waals surface area contributed by atoms with E-state index in [1.165, 1.54) is 0 Å². The van der Waals surface area contributed by atoms with E-state index in [1.54, 1.807) is 7.05 Å². The SMILES string of the molecule is C=C(/C=C(\C)C(=NC)C(CC)=C(C)N)N(C)C. The number of nitrogens with two attached hydrogens (primary N) is 1. The molecule has 0 aliphatic rings. The molecular formula is C14H25N3. The minimum atomic E-state index is 0.830. The lowest BCUT2D eigenvalue weighted by molar-refractivity contribution is 0.532. The monoisotopic (exact) mass is 235 g/mol. The molecule has 0 unspecified atom stereocenters. The first kappa shape index (κ1) is 15.5. The minimum Gasteiger partial charge on any atom is -0.402 e. The van der Waals surface area contributed by atoms with E-state index in [0.29, 0.717) is 0 Å². The van der Waals surface area contributed by atoms with Gasteiger partial charge < -0.3 is 10.6 Å². The zero-order valence-corrected chi connectivity index (χ0v) is 12.0. The lowest BCUT2D eigenvalue weighted by Gasteiger charge is -2.15. The molecule has 17 heavy (non-hydrogen) atoms. The molecule has 0 fully saturated rings. The van der Waals surface area contributed by atoms with Crippen molar-refractivity contribution >= 4 is 5.71 Å². The molecule has 0 spiro atoms. The molecule has 0 amide bonds. The summed E-state index contributed by atoms with van der Waals surface area (Å²) in [5.41, 5.74) is 10.8. The van der Waals surface area contributed by atoms with Gasteiger partial charge in [0.15, 0.2) is 0 Å². The third kappa shape index (κ3) is 4.47. The van der Waals surface area contributed by atoms with Crippen LogP contribution < -0.4 is 5.73 Å². The highest BCUT2D eigenvalue weighted by molar-refractivity contribution is 6.12. The second-order valence-electron chi connectivity index (χ2n) is 4.30. The van der Waals surface area contributed by atoms with Gasteiger partial charge in [0.2, 0.25) is 0 Å². The minimum absolute atomic E-state index is 0.830. The van der Waals surface area contributed by atoms with Crippen LogP contribution >= 0.6 is 0 Å². The molecule has 0 aromatic carbocycles. The van der Waals surface area contributed by atoms with Crippen molar-refractivity contribution in [3.05, 3.63) is 35.2 Å². The Labute approximate surface area is 105 Å². The Hall–Kier alpha value is -1.51. The van der Waals surface area contributed by atoms with E-state index in [4.69, 9.17) is 5.73 Å². The van der Waals surface area contributed by atoms with E-state index in [2.05, 4.69) is 18.5 Å². The van der Waals surface area contributed by atoms with Gasteiger partial charge >= 0.3 is 0 Å². The van der Waals surface area contributed by atoms with E-state index in [1.807, 2.05) is 38.9 Å². The highest BCUT2D eigenvalue weighted by Gasteiger charge is 2.09. The quantitative estimate of drug-likeness (QED) is 0.588. The average Bonchev–Trinajstić information content (AvgIpc) is 2.24. The first-order chi connectivity index (χ1) is 7.84. The van der Waals surface area contributed by atoms with E-state index < -0.39 is 0 Å². The second-order valence-corrected chi connectivity index (χ2v) is 4.30. The van der Waals surface area contributed by atoms with Crippen molar-refractivity contribution in [2.24, 2.45) is 10.7 Å². The van der Waals surface area contributed by atoms with Crippen molar-refractivity contribution in [2.75, 3.05) is 21.1 Å². The number of rotatable bonds is 5. The second kappa shape index (κ2) is 6.94. The summed E-state index contributed by atoms with van der Waals surface area (Å²) >= 11 is 0. The van der Waals surface area contributed by atoms with Gasteiger partial charge in [-0.1, -0.05) is 13.5 Å². The van der Waals surface area contributed by atoms with E-state index >= 15 is 0 Å². The normalized spacial score (nSPS) is 14.5. The molecule has 3 nitrogen and oxygen atoms in total. The Kier molecular flexibility index (Phi) is 6.33. The van der Waals surface area contributed by atoms with Gasteiger partial charge in [-0.25, -0.2) is 0 Å². The standard InChI is InChI=1S/C14H25N3/c1-8-13(12(4)15)14(16-5)10(2)9-11(3)17(6)7/h9H,3,8,15H2,1-2,4-7H3/b10-9+,13-12?,16-14?. The summed E-state index contributed by atoms with van der Waals surface area (Å²) in [6.07, 6.45) is 2.91. The fourth-order valence-corrected chi connectivity index (χ4v) is 1.63. The summed E-state index contributed by atoms with van der Waals surface area (Å²) in [4.78, 5) is 6.32. The van der Waals surface area contributed by atoms with Crippen molar-refractivity contribution in [3.63, 3.8) is 0 Å². The van der Waals surface area contributed by atoms with Crippen molar-refractivity contribution in [1.29, 1.82) is 0 Å². The van der Waals surface area contributed by atoms with Gasteiger partial charge in [-0.2, -0.15) is 0 Å². The molecule has 3 heteroatoms. The highest BCUT2D eigenvalue weighted by atomic mass is 15.1. The number of aliphatic imine (C=N–C) groups is 1. The lowest BCUT2D eigenvalue weighted by Crippen LogP contribution is -2.13. The molecule has 0 radical (unpaired) electrons. The first-order valence-electron chi connectivity index (χ1n) is 5.82. The molecule has 0 bridgehead atoms. The molecular weight excluding hydrogens is 210 g/mol. The van der Waals surface area contributed by atoms with Crippen LogP contribution in [0.2, 0.25) is 0 Å². The van der Waals surface area contributed by atoms with Crippen LogP contribution in [0.1, 0.15) is 27.2 Å². The summed E-state index contributed by atoms with van der Waals surface area (Å²) < 4.78 is 0. The van der Waals surface area contributed by atoms with Crippen LogP contribution in [-0.4, -0.2) is 31.8 Å². The van der Waals surface area contributed by atoms with Crippen LogP contribution in [0.25, 0.3) is 0 Å². The number of hydrogen-bond donors (Lipinski definition) is 1. The van der Waals surface area contributed by atoms with E-state index in [9.17, 15) is 0 Å². The molecule has 2 N–H and O–H groups in total. The van der Waals surface area contributed by atoms with E-state index in [0.717, 1.165) is 34.7 Å².